The summed E-state index contributed by atoms with van der Waals surface area (Å²) < 4.78 is 4.89. The fraction of sp³-hybridized carbons (Fsp3) is 0.211. The predicted octanol–water partition coefficient (Wildman–Crippen LogP) is 3.71. The molecule has 0 aliphatic heterocycles. The van der Waals surface area contributed by atoms with Gasteiger partial charge in [-0.25, -0.2) is 0 Å². The summed E-state index contributed by atoms with van der Waals surface area (Å²) in [5.41, 5.74) is 1.77. The molecule has 136 valence electrons. The van der Waals surface area contributed by atoms with Crippen molar-refractivity contribution in [1.29, 1.82) is 0 Å². The van der Waals surface area contributed by atoms with Gasteiger partial charge in [-0.05, 0) is 30.2 Å². The maximum Gasteiger partial charge on any atom is 0.325 e. The van der Waals surface area contributed by atoms with E-state index in [0.29, 0.717) is 10.6 Å². The Morgan fingerprint density at radius 2 is 1.73 bits per heavy atom. The molecule has 0 saturated carbocycles. The van der Waals surface area contributed by atoms with E-state index in [1.54, 1.807) is 12.1 Å². The van der Waals surface area contributed by atoms with E-state index in [-0.39, 0.29) is 29.5 Å². The summed E-state index contributed by atoms with van der Waals surface area (Å²) in [7, 11) is 0. The Labute approximate surface area is 161 Å². The molecule has 26 heavy (non-hydrogen) atoms. The zero-order valence-electron chi connectivity index (χ0n) is 14.1. The molecule has 0 aliphatic rings. The van der Waals surface area contributed by atoms with Crippen LogP contribution in [0.15, 0.2) is 42.5 Å². The van der Waals surface area contributed by atoms with Crippen LogP contribution < -0.4 is 5.32 Å². The number of rotatable bonds is 7. The average Bonchev–Trinajstić information content (AvgIpc) is 2.64. The van der Waals surface area contributed by atoms with Crippen LogP contribution in [0, 0.1) is 0 Å². The van der Waals surface area contributed by atoms with Crippen molar-refractivity contribution in [1.82, 2.24) is 5.32 Å². The second-order valence-corrected chi connectivity index (χ2v) is 6.28. The molecule has 2 rings (SSSR count). The smallest absolute Gasteiger partial charge is 0.325 e. The fourth-order valence-corrected chi connectivity index (χ4v) is 2.62. The lowest BCUT2D eigenvalue weighted by atomic mass is 10.1. The first kappa shape index (κ1) is 19.9. The normalized spacial score (nSPS) is 10.3. The molecule has 0 bridgehead atoms. The minimum absolute atomic E-state index is 0.175. The number of ketones is 1. The molecule has 0 aliphatic carbocycles. The first-order chi connectivity index (χ1) is 12.4. The molecule has 0 saturated heterocycles. The number of halogens is 2. The van der Waals surface area contributed by atoms with E-state index in [1.807, 2.05) is 19.1 Å². The summed E-state index contributed by atoms with van der Waals surface area (Å²) in [6.45, 7) is 1.26. The van der Waals surface area contributed by atoms with Crippen molar-refractivity contribution in [3.05, 3.63) is 69.2 Å². The number of aryl methyl sites for hydroxylation is 1. The highest BCUT2D eigenvalue weighted by Crippen LogP contribution is 2.20. The van der Waals surface area contributed by atoms with Crippen molar-refractivity contribution in [2.45, 2.75) is 13.3 Å². The van der Waals surface area contributed by atoms with Crippen LogP contribution in [-0.2, 0) is 16.0 Å². The lowest BCUT2D eigenvalue weighted by Crippen LogP contribution is -2.31. The average molecular weight is 394 g/mol. The van der Waals surface area contributed by atoms with Gasteiger partial charge in [0, 0.05) is 10.6 Å². The van der Waals surface area contributed by atoms with E-state index in [4.69, 9.17) is 27.9 Å². The second kappa shape index (κ2) is 9.36. The van der Waals surface area contributed by atoms with Gasteiger partial charge in [-0.2, -0.15) is 0 Å². The Bertz CT molecular complexity index is 819. The van der Waals surface area contributed by atoms with E-state index in [1.165, 1.54) is 18.2 Å². The highest BCUT2D eigenvalue weighted by molar-refractivity contribution is 6.36. The Hall–Kier alpha value is -2.37. The Kier molecular flexibility index (Phi) is 7.18. The topological polar surface area (TPSA) is 72.5 Å². The minimum Gasteiger partial charge on any atom is -0.456 e. The van der Waals surface area contributed by atoms with E-state index < -0.39 is 11.9 Å². The van der Waals surface area contributed by atoms with Crippen LogP contribution in [0.2, 0.25) is 10.0 Å². The molecule has 2 aromatic rings. The highest BCUT2D eigenvalue weighted by atomic mass is 35.5. The lowest BCUT2D eigenvalue weighted by molar-refractivity contribution is -0.141. The van der Waals surface area contributed by atoms with Crippen LogP contribution in [0.3, 0.4) is 0 Å². The van der Waals surface area contributed by atoms with Crippen molar-refractivity contribution in [2.75, 3.05) is 13.2 Å². The van der Waals surface area contributed by atoms with E-state index in [0.717, 1.165) is 12.0 Å². The summed E-state index contributed by atoms with van der Waals surface area (Å²) in [6, 6.07) is 11.5. The second-order valence-electron chi connectivity index (χ2n) is 5.44. The first-order valence-electron chi connectivity index (χ1n) is 7.91. The standard InChI is InChI=1S/C19H17Cl2NO4/c1-2-12-3-5-13(6-4-12)17(23)11-26-18(24)10-22-19(25)15-8-7-14(20)9-16(15)21/h3-9H,2,10-11H2,1H3,(H,22,25). The molecule has 7 heteroatoms. The fourth-order valence-electron chi connectivity index (χ4n) is 2.13. The Morgan fingerprint density at radius 1 is 1.04 bits per heavy atom. The predicted molar refractivity (Wildman–Crippen MR) is 99.9 cm³/mol. The number of carbonyl (C=O) groups excluding carboxylic acids is 3. The van der Waals surface area contributed by atoms with Gasteiger partial charge in [-0.15, -0.1) is 0 Å². The van der Waals surface area contributed by atoms with Gasteiger partial charge in [0.05, 0.1) is 10.6 Å². The van der Waals surface area contributed by atoms with Crippen molar-refractivity contribution in [2.24, 2.45) is 0 Å². The molecule has 0 heterocycles. The monoisotopic (exact) mass is 393 g/mol. The van der Waals surface area contributed by atoms with Crippen LogP contribution in [0.25, 0.3) is 0 Å². The number of ether oxygens (including phenoxy) is 1. The van der Waals surface area contributed by atoms with E-state index >= 15 is 0 Å². The van der Waals surface area contributed by atoms with Crippen molar-refractivity contribution < 1.29 is 19.1 Å². The number of Topliss-reactive ketones (excluding diaryl/α,β-unsaturated/α-hetero) is 1. The zero-order chi connectivity index (χ0) is 19.1. The Morgan fingerprint density at radius 3 is 2.35 bits per heavy atom. The summed E-state index contributed by atoms with van der Waals surface area (Å²) in [4.78, 5) is 35.7. The summed E-state index contributed by atoms with van der Waals surface area (Å²) in [5.74, 6) is -1.57. The van der Waals surface area contributed by atoms with Crippen LogP contribution >= 0.6 is 23.2 Å². The third kappa shape index (κ3) is 5.58. The summed E-state index contributed by atoms with van der Waals surface area (Å²) in [5, 5.41) is 2.96. The Balaban J connectivity index is 1.81. The number of esters is 1. The summed E-state index contributed by atoms with van der Waals surface area (Å²) in [6.07, 6.45) is 0.876. The molecule has 2 aromatic carbocycles. The third-order valence-electron chi connectivity index (χ3n) is 3.62. The highest BCUT2D eigenvalue weighted by Gasteiger charge is 2.14. The van der Waals surface area contributed by atoms with E-state index in [2.05, 4.69) is 5.32 Å². The molecule has 0 atom stereocenters. The van der Waals surface area contributed by atoms with Crippen LogP contribution in [-0.4, -0.2) is 30.8 Å². The van der Waals surface area contributed by atoms with Crippen molar-refractivity contribution >= 4 is 40.9 Å². The number of amides is 1. The minimum atomic E-state index is -0.720. The number of benzene rings is 2. The molecule has 0 fully saturated rings. The van der Waals surface area contributed by atoms with E-state index in [9.17, 15) is 14.4 Å². The lowest BCUT2D eigenvalue weighted by Gasteiger charge is -2.08. The molecule has 1 amide bonds. The van der Waals surface area contributed by atoms with Gasteiger partial charge in [-0.3, -0.25) is 14.4 Å². The molecule has 1 N–H and O–H groups in total. The van der Waals surface area contributed by atoms with Crippen molar-refractivity contribution in [3.63, 3.8) is 0 Å². The third-order valence-corrected chi connectivity index (χ3v) is 4.17. The molecule has 0 radical (unpaired) electrons. The molecular weight excluding hydrogens is 377 g/mol. The van der Waals surface area contributed by atoms with Gasteiger partial charge in [0.15, 0.2) is 12.4 Å². The van der Waals surface area contributed by atoms with Gasteiger partial charge < -0.3 is 10.1 Å². The van der Waals surface area contributed by atoms with Gasteiger partial charge >= 0.3 is 5.97 Å². The molecule has 0 unspecified atom stereocenters. The number of carbonyl (C=O) groups is 3. The number of hydrogen-bond acceptors (Lipinski definition) is 4. The van der Waals surface area contributed by atoms with Crippen LogP contribution in [0.5, 0.6) is 0 Å². The van der Waals surface area contributed by atoms with Gasteiger partial charge in [-0.1, -0.05) is 54.4 Å². The molecule has 5 nitrogen and oxygen atoms in total. The maximum atomic E-state index is 12.0. The van der Waals surface area contributed by atoms with Crippen molar-refractivity contribution in [3.8, 4) is 0 Å². The van der Waals surface area contributed by atoms with Gasteiger partial charge in [0.1, 0.15) is 6.54 Å². The van der Waals surface area contributed by atoms with Gasteiger partial charge in [0.25, 0.3) is 5.91 Å². The first-order valence-corrected chi connectivity index (χ1v) is 8.67. The van der Waals surface area contributed by atoms with Crippen LogP contribution in [0.1, 0.15) is 33.2 Å². The molecule has 0 spiro atoms. The molecular formula is C19H17Cl2NO4. The zero-order valence-corrected chi connectivity index (χ0v) is 15.6. The van der Waals surface area contributed by atoms with Crippen LogP contribution in [0.4, 0.5) is 0 Å². The summed E-state index contributed by atoms with van der Waals surface area (Å²) >= 11 is 11.7. The molecule has 0 aromatic heterocycles. The maximum absolute atomic E-state index is 12.0. The number of hydrogen-bond donors (Lipinski definition) is 1. The van der Waals surface area contributed by atoms with Gasteiger partial charge in [0.2, 0.25) is 0 Å². The quantitative estimate of drug-likeness (QED) is 0.574. The SMILES string of the molecule is CCc1ccc(C(=O)COC(=O)CNC(=O)c2ccc(Cl)cc2Cl)cc1. The largest absolute Gasteiger partial charge is 0.456 e. The number of nitrogens with one attached hydrogen (secondary N) is 1.